The fraction of sp³-hybridized carbons (Fsp3) is 0.700. The third kappa shape index (κ3) is 5.84. The second-order valence-electron chi connectivity index (χ2n) is 2.68. The molecule has 0 fully saturated rings. The van der Waals surface area contributed by atoms with Gasteiger partial charge < -0.3 is 0 Å². The number of hydrogen-bond acceptors (Lipinski definition) is 1. The lowest BCUT2D eigenvalue weighted by molar-refractivity contribution is 0.560. The summed E-state index contributed by atoms with van der Waals surface area (Å²) in [6, 6.07) is 0. The highest BCUT2D eigenvalue weighted by Crippen LogP contribution is 2.04. The molecule has 1 nitrogen and oxygen atoms in total. The minimum Gasteiger partial charge on any atom is -0.285 e. The van der Waals surface area contributed by atoms with Gasteiger partial charge in [-0.25, -0.2) is 0 Å². The standard InChI is InChI=1S/C10H17O/c1-3-5-6-7-8-10(4-2)9-11/h8H,3-7H2,1-2H3/b10-8-. The van der Waals surface area contributed by atoms with Crippen LogP contribution in [0.2, 0.25) is 0 Å². The SMILES string of the molecule is CCCCC/C=C(\[C]=O)CC. The summed E-state index contributed by atoms with van der Waals surface area (Å²) in [6.07, 6.45) is 9.48. The van der Waals surface area contributed by atoms with Gasteiger partial charge >= 0.3 is 0 Å². The average Bonchev–Trinajstić information content (AvgIpc) is 2.05. The summed E-state index contributed by atoms with van der Waals surface area (Å²) >= 11 is 0. The van der Waals surface area contributed by atoms with Gasteiger partial charge in [0.05, 0.1) is 0 Å². The van der Waals surface area contributed by atoms with Gasteiger partial charge in [-0.05, 0) is 24.8 Å². The molecule has 0 amide bonds. The molecule has 0 spiro atoms. The number of carbonyl (C=O) groups excluding carboxylic acids is 1. The second-order valence-corrected chi connectivity index (χ2v) is 2.68. The van der Waals surface area contributed by atoms with E-state index in [1.54, 1.807) is 0 Å². The molecule has 0 aliphatic carbocycles. The third-order valence-electron chi connectivity index (χ3n) is 1.71. The Morgan fingerprint density at radius 2 is 2.09 bits per heavy atom. The molecule has 0 rings (SSSR count). The number of rotatable bonds is 6. The summed E-state index contributed by atoms with van der Waals surface area (Å²) in [5.74, 6) is 0. The van der Waals surface area contributed by atoms with Crippen LogP contribution < -0.4 is 0 Å². The van der Waals surface area contributed by atoms with Crippen molar-refractivity contribution >= 4 is 6.29 Å². The average molecular weight is 153 g/mol. The quantitative estimate of drug-likeness (QED) is 0.423. The Morgan fingerprint density at radius 1 is 1.36 bits per heavy atom. The fourth-order valence-corrected chi connectivity index (χ4v) is 0.929. The van der Waals surface area contributed by atoms with Crippen molar-refractivity contribution < 1.29 is 4.79 Å². The molecule has 0 N–H and O–H groups in total. The summed E-state index contributed by atoms with van der Waals surface area (Å²) < 4.78 is 0. The van der Waals surface area contributed by atoms with E-state index >= 15 is 0 Å². The van der Waals surface area contributed by atoms with Crippen molar-refractivity contribution in [3.8, 4) is 0 Å². The Hall–Kier alpha value is -0.590. The maximum absolute atomic E-state index is 10.2. The predicted octanol–water partition coefficient (Wildman–Crippen LogP) is 3.01. The van der Waals surface area contributed by atoms with Crippen LogP contribution in [0.3, 0.4) is 0 Å². The molecular weight excluding hydrogens is 136 g/mol. The van der Waals surface area contributed by atoms with Gasteiger partial charge in [-0.1, -0.05) is 32.8 Å². The monoisotopic (exact) mass is 153 g/mol. The van der Waals surface area contributed by atoms with Gasteiger partial charge in [0.15, 0.2) is 0 Å². The smallest absolute Gasteiger partial charge is 0.228 e. The molecule has 11 heavy (non-hydrogen) atoms. The Morgan fingerprint density at radius 3 is 2.55 bits per heavy atom. The zero-order valence-corrected chi connectivity index (χ0v) is 7.52. The zero-order chi connectivity index (χ0) is 8.53. The van der Waals surface area contributed by atoms with Crippen LogP contribution in [0.5, 0.6) is 0 Å². The lowest BCUT2D eigenvalue weighted by Gasteiger charge is -1.93. The minimum atomic E-state index is 0.815. The second kappa shape index (κ2) is 7.52. The van der Waals surface area contributed by atoms with Crippen LogP contribution in [-0.2, 0) is 4.79 Å². The van der Waals surface area contributed by atoms with E-state index < -0.39 is 0 Å². The molecule has 0 aromatic rings. The van der Waals surface area contributed by atoms with E-state index in [0.29, 0.717) is 0 Å². The molecule has 1 heteroatoms. The van der Waals surface area contributed by atoms with Crippen LogP contribution in [0.15, 0.2) is 11.6 Å². The molecule has 1 radical (unpaired) electrons. The van der Waals surface area contributed by atoms with E-state index in [1.165, 1.54) is 19.3 Å². The van der Waals surface area contributed by atoms with Gasteiger partial charge in [0, 0.05) is 0 Å². The topological polar surface area (TPSA) is 17.1 Å². The first-order chi connectivity index (χ1) is 5.35. The molecule has 0 aliphatic heterocycles. The Balaban J connectivity index is 3.44. The molecule has 0 heterocycles. The largest absolute Gasteiger partial charge is 0.285 e. The van der Waals surface area contributed by atoms with Crippen LogP contribution in [0, 0.1) is 0 Å². The van der Waals surface area contributed by atoms with E-state index in [4.69, 9.17) is 0 Å². The third-order valence-corrected chi connectivity index (χ3v) is 1.71. The van der Waals surface area contributed by atoms with Crippen molar-refractivity contribution in [3.05, 3.63) is 11.6 Å². The fourth-order valence-electron chi connectivity index (χ4n) is 0.929. The molecule has 0 unspecified atom stereocenters. The van der Waals surface area contributed by atoms with Crippen LogP contribution >= 0.6 is 0 Å². The molecule has 0 saturated heterocycles. The van der Waals surface area contributed by atoms with Gasteiger partial charge in [-0.15, -0.1) is 0 Å². The molecule has 63 valence electrons. The van der Waals surface area contributed by atoms with E-state index in [1.807, 2.05) is 19.3 Å². The maximum atomic E-state index is 10.2. The Bertz CT molecular complexity index is 125. The highest BCUT2D eigenvalue weighted by Gasteiger charge is 1.90. The highest BCUT2D eigenvalue weighted by atomic mass is 16.1. The van der Waals surface area contributed by atoms with Crippen molar-refractivity contribution in [2.45, 2.75) is 46.0 Å². The summed E-state index contributed by atoms with van der Waals surface area (Å²) in [5.41, 5.74) is 0.820. The van der Waals surface area contributed by atoms with Gasteiger partial charge in [-0.3, -0.25) is 4.79 Å². The molecule has 0 bridgehead atoms. The first-order valence-corrected chi connectivity index (χ1v) is 4.42. The number of unbranched alkanes of at least 4 members (excludes halogenated alkanes) is 3. The highest BCUT2D eigenvalue weighted by molar-refractivity contribution is 5.73. The Kier molecular flexibility index (Phi) is 7.11. The first-order valence-electron chi connectivity index (χ1n) is 4.42. The van der Waals surface area contributed by atoms with Crippen LogP contribution in [0.25, 0.3) is 0 Å². The van der Waals surface area contributed by atoms with Gasteiger partial charge in [0.25, 0.3) is 0 Å². The molecule has 0 aromatic heterocycles. The lowest BCUT2D eigenvalue weighted by atomic mass is 10.1. The van der Waals surface area contributed by atoms with Crippen LogP contribution in [0.1, 0.15) is 46.0 Å². The van der Waals surface area contributed by atoms with E-state index in [9.17, 15) is 4.79 Å². The van der Waals surface area contributed by atoms with Crippen molar-refractivity contribution in [2.24, 2.45) is 0 Å². The Labute approximate surface area is 69.5 Å². The number of allylic oxidation sites excluding steroid dienone is 2. The number of hydrogen-bond donors (Lipinski definition) is 0. The van der Waals surface area contributed by atoms with Crippen molar-refractivity contribution in [3.63, 3.8) is 0 Å². The first kappa shape index (κ1) is 10.4. The molecule has 0 aliphatic rings. The summed E-state index contributed by atoms with van der Waals surface area (Å²) in [6.45, 7) is 4.16. The van der Waals surface area contributed by atoms with E-state index in [-0.39, 0.29) is 0 Å². The molecule has 0 saturated carbocycles. The summed E-state index contributed by atoms with van der Waals surface area (Å²) in [5, 5.41) is 0. The van der Waals surface area contributed by atoms with Crippen LogP contribution in [0.4, 0.5) is 0 Å². The van der Waals surface area contributed by atoms with E-state index in [0.717, 1.165) is 18.4 Å². The van der Waals surface area contributed by atoms with Gasteiger partial charge in [0.2, 0.25) is 6.29 Å². The van der Waals surface area contributed by atoms with Gasteiger partial charge in [0.1, 0.15) is 0 Å². The van der Waals surface area contributed by atoms with Crippen molar-refractivity contribution in [1.82, 2.24) is 0 Å². The zero-order valence-electron chi connectivity index (χ0n) is 7.52. The minimum absolute atomic E-state index is 0.815. The van der Waals surface area contributed by atoms with E-state index in [2.05, 4.69) is 6.92 Å². The lowest BCUT2D eigenvalue weighted by Crippen LogP contribution is -1.81. The summed E-state index contributed by atoms with van der Waals surface area (Å²) in [4.78, 5) is 10.2. The normalized spacial score (nSPS) is 11.6. The van der Waals surface area contributed by atoms with Crippen LogP contribution in [-0.4, -0.2) is 6.29 Å². The summed E-state index contributed by atoms with van der Waals surface area (Å²) in [7, 11) is 0. The predicted molar refractivity (Wildman–Crippen MR) is 48.2 cm³/mol. The molecular formula is C10H17O. The molecule has 0 aromatic carbocycles. The maximum Gasteiger partial charge on any atom is 0.228 e. The van der Waals surface area contributed by atoms with Crippen molar-refractivity contribution in [2.75, 3.05) is 0 Å². The molecule has 0 atom stereocenters. The van der Waals surface area contributed by atoms with Gasteiger partial charge in [-0.2, -0.15) is 0 Å². The van der Waals surface area contributed by atoms with Crippen molar-refractivity contribution in [1.29, 1.82) is 0 Å².